The number of hydrogen-bond acceptors (Lipinski definition) is 9. The SMILES string of the molecule is CN(CCNCCOCCOCCOCCOCCN1C(=O)C=CC1=O)C(=O)OC(C)(C)C. The summed E-state index contributed by atoms with van der Waals surface area (Å²) < 4.78 is 26.9. The predicted molar refractivity (Wildman–Crippen MR) is 121 cm³/mol. The van der Waals surface area contributed by atoms with Gasteiger partial charge in [-0.3, -0.25) is 14.5 Å². The van der Waals surface area contributed by atoms with E-state index >= 15 is 0 Å². The molecule has 190 valence electrons. The molecule has 33 heavy (non-hydrogen) atoms. The molecule has 0 bridgehead atoms. The molecule has 1 N–H and O–H groups in total. The van der Waals surface area contributed by atoms with Crippen LogP contribution in [0, 0.1) is 0 Å². The summed E-state index contributed by atoms with van der Waals surface area (Å²) >= 11 is 0. The van der Waals surface area contributed by atoms with Gasteiger partial charge in [0.25, 0.3) is 11.8 Å². The first-order valence-electron chi connectivity index (χ1n) is 11.2. The summed E-state index contributed by atoms with van der Waals surface area (Å²) in [5.74, 6) is -0.610. The minimum atomic E-state index is -0.493. The molecular weight excluding hydrogens is 434 g/mol. The number of amides is 3. The lowest BCUT2D eigenvalue weighted by Crippen LogP contribution is -2.38. The van der Waals surface area contributed by atoms with E-state index in [0.717, 1.165) is 4.90 Å². The lowest BCUT2D eigenvalue weighted by molar-refractivity contribution is -0.137. The second-order valence-corrected chi connectivity index (χ2v) is 8.26. The normalized spacial score (nSPS) is 13.8. The number of likely N-dealkylation sites (N-methyl/N-ethyl adjacent to an activating group) is 1. The Balaban J connectivity index is 1.78. The van der Waals surface area contributed by atoms with Crippen molar-refractivity contribution in [3.8, 4) is 0 Å². The van der Waals surface area contributed by atoms with Gasteiger partial charge >= 0.3 is 6.09 Å². The standard InChI is InChI=1S/C22H39N3O8/c1-22(2,3)33-21(28)24(4)9-7-23-8-11-29-13-15-31-17-18-32-16-14-30-12-10-25-19(26)5-6-20(25)27/h5-6,23H,7-18H2,1-4H3. The lowest BCUT2D eigenvalue weighted by Gasteiger charge is -2.24. The average Bonchev–Trinajstić information content (AvgIpc) is 3.06. The Morgan fingerprint density at radius 3 is 1.85 bits per heavy atom. The van der Waals surface area contributed by atoms with Crippen LogP contribution in [0.2, 0.25) is 0 Å². The molecule has 0 aliphatic carbocycles. The Labute approximate surface area is 196 Å². The van der Waals surface area contributed by atoms with Crippen molar-refractivity contribution >= 4 is 17.9 Å². The number of nitrogens with one attached hydrogen (secondary N) is 1. The lowest BCUT2D eigenvalue weighted by atomic mass is 10.2. The fourth-order valence-electron chi connectivity index (χ4n) is 2.52. The van der Waals surface area contributed by atoms with Crippen molar-refractivity contribution in [3.63, 3.8) is 0 Å². The molecular formula is C22H39N3O8. The zero-order chi connectivity index (χ0) is 24.5. The number of nitrogens with zero attached hydrogens (tertiary/aromatic N) is 2. The third-order valence-corrected chi connectivity index (χ3v) is 4.23. The van der Waals surface area contributed by atoms with Gasteiger partial charge in [0.2, 0.25) is 0 Å². The van der Waals surface area contributed by atoms with Crippen LogP contribution in [-0.4, -0.2) is 119 Å². The number of hydrogen-bond donors (Lipinski definition) is 1. The summed E-state index contributed by atoms with van der Waals surface area (Å²) in [7, 11) is 1.71. The van der Waals surface area contributed by atoms with Crippen LogP contribution in [0.3, 0.4) is 0 Å². The van der Waals surface area contributed by atoms with E-state index in [-0.39, 0.29) is 31.1 Å². The summed E-state index contributed by atoms with van der Waals surface area (Å²) in [6.45, 7) is 11.2. The molecule has 0 atom stereocenters. The number of imide groups is 1. The van der Waals surface area contributed by atoms with Gasteiger partial charge in [-0.05, 0) is 20.8 Å². The zero-order valence-corrected chi connectivity index (χ0v) is 20.3. The predicted octanol–water partition coefficient (Wildman–Crippen LogP) is 0.434. The number of carbonyl (C=O) groups is 3. The van der Waals surface area contributed by atoms with E-state index in [2.05, 4.69) is 5.32 Å². The molecule has 0 unspecified atom stereocenters. The fraction of sp³-hybridized carbons (Fsp3) is 0.773. The van der Waals surface area contributed by atoms with Gasteiger partial charge in [0.05, 0.1) is 59.4 Å². The molecule has 0 radical (unpaired) electrons. The van der Waals surface area contributed by atoms with Crippen molar-refractivity contribution in [1.29, 1.82) is 0 Å². The van der Waals surface area contributed by atoms with E-state index in [1.165, 1.54) is 17.1 Å². The van der Waals surface area contributed by atoms with Crippen molar-refractivity contribution in [3.05, 3.63) is 12.2 Å². The van der Waals surface area contributed by atoms with E-state index in [1.807, 2.05) is 20.8 Å². The molecule has 0 aromatic rings. The molecule has 3 amide bonds. The zero-order valence-electron chi connectivity index (χ0n) is 20.3. The van der Waals surface area contributed by atoms with E-state index in [4.69, 9.17) is 23.7 Å². The highest BCUT2D eigenvalue weighted by Gasteiger charge is 2.22. The topological polar surface area (TPSA) is 116 Å². The largest absolute Gasteiger partial charge is 0.444 e. The summed E-state index contributed by atoms with van der Waals surface area (Å²) in [5.41, 5.74) is -0.493. The molecule has 1 aliphatic rings. The second kappa shape index (κ2) is 16.5. The van der Waals surface area contributed by atoms with Crippen LogP contribution in [0.15, 0.2) is 12.2 Å². The van der Waals surface area contributed by atoms with Crippen LogP contribution < -0.4 is 5.32 Å². The van der Waals surface area contributed by atoms with Gasteiger partial charge < -0.3 is 33.9 Å². The van der Waals surface area contributed by atoms with Crippen LogP contribution in [0.1, 0.15) is 20.8 Å². The molecule has 11 nitrogen and oxygen atoms in total. The Hall–Kier alpha value is -2.05. The molecule has 11 heteroatoms. The third-order valence-electron chi connectivity index (χ3n) is 4.23. The van der Waals surface area contributed by atoms with Crippen molar-refractivity contribution < 1.29 is 38.1 Å². The van der Waals surface area contributed by atoms with Crippen LogP contribution >= 0.6 is 0 Å². The van der Waals surface area contributed by atoms with Crippen LogP contribution in [0.25, 0.3) is 0 Å². The first-order valence-corrected chi connectivity index (χ1v) is 11.2. The molecule has 1 rings (SSSR count). The Bertz CT molecular complexity index is 603. The molecule has 1 heterocycles. The van der Waals surface area contributed by atoms with E-state index in [1.54, 1.807) is 7.05 Å². The third kappa shape index (κ3) is 14.7. The highest BCUT2D eigenvalue weighted by Crippen LogP contribution is 2.08. The van der Waals surface area contributed by atoms with Crippen LogP contribution in [0.5, 0.6) is 0 Å². The number of rotatable bonds is 18. The first kappa shape index (κ1) is 29.0. The van der Waals surface area contributed by atoms with Gasteiger partial charge in [-0.1, -0.05) is 0 Å². The smallest absolute Gasteiger partial charge is 0.410 e. The van der Waals surface area contributed by atoms with Gasteiger partial charge in [0.1, 0.15) is 5.60 Å². The molecule has 0 aromatic carbocycles. The van der Waals surface area contributed by atoms with E-state index < -0.39 is 5.60 Å². The van der Waals surface area contributed by atoms with Crippen LogP contribution in [0.4, 0.5) is 4.79 Å². The fourth-order valence-corrected chi connectivity index (χ4v) is 2.52. The van der Waals surface area contributed by atoms with Crippen molar-refractivity contribution in [1.82, 2.24) is 15.1 Å². The summed E-state index contributed by atoms with van der Waals surface area (Å²) in [5, 5.41) is 3.21. The van der Waals surface area contributed by atoms with Crippen LogP contribution in [-0.2, 0) is 33.3 Å². The minimum absolute atomic E-state index is 0.242. The van der Waals surface area contributed by atoms with Crippen molar-refractivity contribution in [2.75, 3.05) is 86.1 Å². The summed E-state index contributed by atoms with van der Waals surface area (Å²) in [4.78, 5) is 37.2. The average molecular weight is 474 g/mol. The molecule has 0 saturated carbocycles. The van der Waals surface area contributed by atoms with Gasteiger partial charge in [0, 0.05) is 38.8 Å². The minimum Gasteiger partial charge on any atom is -0.444 e. The highest BCUT2D eigenvalue weighted by molar-refractivity contribution is 6.12. The van der Waals surface area contributed by atoms with E-state index in [0.29, 0.717) is 65.9 Å². The van der Waals surface area contributed by atoms with Gasteiger partial charge in [-0.15, -0.1) is 0 Å². The molecule has 0 saturated heterocycles. The maximum atomic E-state index is 11.8. The quantitative estimate of drug-likeness (QED) is 0.223. The maximum absolute atomic E-state index is 11.8. The summed E-state index contributed by atoms with van der Waals surface area (Å²) in [6, 6.07) is 0. The van der Waals surface area contributed by atoms with Crippen molar-refractivity contribution in [2.45, 2.75) is 26.4 Å². The Morgan fingerprint density at radius 2 is 1.33 bits per heavy atom. The first-order chi connectivity index (χ1) is 15.7. The van der Waals surface area contributed by atoms with Crippen molar-refractivity contribution in [2.24, 2.45) is 0 Å². The van der Waals surface area contributed by atoms with E-state index in [9.17, 15) is 14.4 Å². The van der Waals surface area contributed by atoms with Gasteiger partial charge in [0.15, 0.2) is 0 Å². The summed E-state index contributed by atoms with van der Waals surface area (Å²) in [6.07, 6.45) is 2.17. The molecule has 0 spiro atoms. The highest BCUT2D eigenvalue weighted by atomic mass is 16.6. The second-order valence-electron chi connectivity index (χ2n) is 8.26. The van der Waals surface area contributed by atoms with Gasteiger partial charge in [-0.2, -0.15) is 0 Å². The molecule has 0 fully saturated rings. The Kier molecular flexibility index (Phi) is 14.5. The Morgan fingerprint density at radius 1 is 0.848 bits per heavy atom. The van der Waals surface area contributed by atoms with Gasteiger partial charge in [-0.25, -0.2) is 4.79 Å². The monoisotopic (exact) mass is 473 g/mol. The number of ether oxygens (including phenoxy) is 5. The maximum Gasteiger partial charge on any atom is 0.410 e. The molecule has 0 aromatic heterocycles. The molecule has 1 aliphatic heterocycles. The number of carbonyl (C=O) groups excluding carboxylic acids is 3.